The second-order valence-electron chi connectivity index (χ2n) is 10.3. The van der Waals surface area contributed by atoms with Crippen LogP contribution in [0.1, 0.15) is 50.8 Å². The standard InChI is InChI=1S/C25H24F5N3O3S/c1-24(2,3)33-23-15-10-18(26)19(27)11-20(15)32(22(13-5-6-13)16(23)12-31-33)37(34,35)14-7-8-17(25(28,29)30)21(9-14)36-4/h7-13,22H,5-6H2,1-4H3. The summed E-state index contributed by atoms with van der Waals surface area (Å²) in [5.41, 5.74) is -0.665. The fourth-order valence-corrected chi connectivity index (χ4v) is 6.57. The van der Waals surface area contributed by atoms with Gasteiger partial charge in [-0.25, -0.2) is 17.2 Å². The van der Waals surface area contributed by atoms with Crippen molar-refractivity contribution >= 4 is 15.7 Å². The molecule has 1 fully saturated rings. The number of hydrogen-bond donors (Lipinski definition) is 0. The van der Waals surface area contributed by atoms with Crippen LogP contribution in [0.5, 0.6) is 5.75 Å². The predicted octanol–water partition coefficient (Wildman–Crippen LogP) is 6.27. The highest BCUT2D eigenvalue weighted by Crippen LogP contribution is 2.56. The summed E-state index contributed by atoms with van der Waals surface area (Å²) in [4.78, 5) is -0.467. The van der Waals surface area contributed by atoms with Gasteiger partial charge in [0.2, 0.25) is 0 Å². The molecule has 12 heteroatoms. The largest absolute Gasteiger partial charge is 0.496 e. The molecule has 2 aromatic carbocycles. The number of sulfonamides is 1. The molecule has 0 saturated heterocycles. The first-order valence-corrected chi connectivity index (χ1v) is 13.0. The zero-order valence-electron chi connectivity index (χ0n) is 20.4. The number of anilines is 1. The molecule has 0 radical (unpaired) electrons. The second-order valence-corrected chi connectivity index (χ2v) is 12.1. The van der Waals surface area contributed by atoms with E-state index in [0.717, 1.165) is 35.7 Å². The molecule has 1 aliphatic heterocycles. The van der Waals surface area contributed by atoms with E-state index in [1.54, 1.807) is 4.68 Å². The Morgan fingerprint density at radius 3 is 2.24 bits per heavy atom. The summed E-state index contributed by atoms with van der Waals surface area (Å²) in [5.74, 6) is -3.21. The van der Waals surface area contributed by atoms with Crippen LogP contribution in [-0.4, -0.2) is 25.3 Å². The third kappa shape index (κ3) is 4.05. The van der Waals surface area contributed by atoms with Crippen molar-refractivity contribution in [2.45, 2.75) is 56.3 Å². The fourth-order valence-electron chi connectivity index (χ4n) is 4.86. The van der Waals surface area contributed by atoms with Crippen molar-refractivity contribution in [2.75, 3.05) is 11.4 Å². The first kappa shape index (κ1) is 25.5. The minimum absolute atomic E-state index is 0.104. The average Bonchev–Trinajstić information content (AvgIpc) is 3.54. The molecule has 198 valence electrons. The molecule has 37 heavy (non-hydrogen) atoms. The molecule has 5 rings (SSSR count). The van der Waals surface area contributed by atoms with Crippen molar-refractivity contribution in [2.24, 2.45) is 5.92 Å². The van der Waals surface area contributed by atoms with E-state index in [-0.39, 0.29) is 17.2 Å². The van der Waals surface area contributed by atoms with Crippen molar-refractivity contribution < 1.29 is 35.1 Å². The third-order valence-corrected chi connectivity index (χ3v) is 8.43. The van der Waals surface area contributed by atoms with Crippen LogP contribution < -0.4 is 9.04 Å². The summed E-state index contributed by atoms with van der Waals surface area (Å²) in [6.07, 6.45) is -1.86. The molecule has 1 unspecified atom stereocenters. The van der Waals surface area contributed by atoms with E-state index in [2.05, 4.69) is 5.10 Å². The van der Waals surface area contributed by atoms with Gasteiger partial charge in [0.15, 0.2) is 11.6 Å². The van der Waals surface area contributed by atoms with E-state index < -0.39 is 55.6 Å². The topological polar surface area (TPSA) is 64.4 Å². The van der Waals surface area contributed by atoms with Gasteiger partial charge >= 0.3 is 6.18 Å². The predicted molar refractivity (Wildman–Crippen MR) is 126 cm³/mol. The van der Waals surface area contributed by atoms with Crippen LogP contribution in [-0.2, 0) is 21.7 Å². The molecule has 1 aliphatic carbocycles. The normalized spacial score (nSPS) is 18.0. The van der Waals surface area contributed by atoms with Gasteiger partial charge in [-0.05, 0) is 57.7 Å². The number of hydrogen-bond acceptors (Lipinski definition) is 4. The SMILES string of the molecule is COc1cc(S(=O)(=O)N2c3cc(F)c(F)cc3-c3c(cnn3C(C)(C)C)C2C2CC2)ccc1C(F)(F)F. The van der Waals surface area contributed by atoms with E-state index in [0.29, 0.717) is 30.2 Å². The lowest BCUT2D eigenvalue weighted by atomic mass is 9.92. The number of ether oxygens (including phenoxy) is 1. The molecule has 0 bridgehead atoms. The number of halogens is 5. The van der Waals surface area contributed by atoms with E-state index in [1.807, 2.05) is 20.8 Å². The Kier molecular flexibility index (Phi) is 5.63. The van der Waals surface area contributed by atoms with E-state index in [9.17, 15) is 30.4 Å². The molecule has 1 atom stereocenters. The maximum absolute atomic E-state index is 14.6. The maximum Gasteiger partial charge on any atom is 0.419 e. The minimum Gasteiger partial charge on any atom is -0.496 e. The Balaban J connectivity index is 1.77. The van der Waals surface area contributed by atoms with Crippen LogP contribution >= 0.6 is 0 Å². The Labute approximate surface area is 210 Å². The summed E-state index contributed by atoms with van der Waals surface area (Å²) < 4.78 is 105. The maximum atomic E-state index is 14.6. The number of benzene rings is 2. The molecular weight excluding hydrogens is 517 g/mol. The number of methoxy groups -OCH3 is 1. The molecule has 0 spiro atoms. The van der Waals surface area contributed by atoms with Crippen LogP contribution in [0.25, 0.3) is 11.3 Å². The van der Waals surface area contributed by atoms with Crippen molar-refractivity contribution in [1.82, 2.24) is 9.78 Å². The zero-order chi connectivity index (χ0) is 27.1. The summed E-state index contributed by atoms with van der Waals surface area (Å²) in [5, 5.41) is 4.47. The van der Waals surface area contributed by atoms with Gasteiger partial charge in [-0.2, -0.15) is 18.3 Å². The van der Waals surface area contributed by atoms with Crippen molar-refractivity contribution in [1.29, 1.82) is 0 Å². The van der Waals surface area contributed by atoms with Crippen LogP contribution in [0.2, 0.25) is 0 Å². The summed E-state index contributed by atoms with van der Waals surface area (Å²) in [6, 6.07) is 3.24. The van der Waals surface area contributed by atoms with Crippen LogP contribution in [0.3, 0.4) is 0 Å². The number of alkyl halides is 3. The number of fused-ring (bicyclic) bond motifs is 3. The van der Waals surface area contributed by atoms with Gasteiger partial charge in [0.1, 0.15) is 5.75 Å². The number of nitrogens with zero attached hydrogens (tertiary/aromatic N) is 3. The first-order chi connectivity index (χ1) is 17.2. The Morgan fingerprint density at radius 2 is 1.68 bits per heavy atom. The first-order valence-electron chi connectivity index (χ1n) is 11.5. The second kappa shape index (κ2) is 8.17. The highest BCUT2D eigenvalue weighted by molar-refractivity contribution is 7.92. The van der Waals surface area contributed by atoms with Gasteiger partial charge in [-0.1, -0.05) is 0 Å². The number of rotatable bonds is 4. The molecule has 1 saturated carbocycles. The Bertz CT molecular complexity index is 1500. The lowest BCUT2D eigenvalue weighted by molar-refractivity contribution is -0.138. The number of aromatic nitrogens is 2. The van der Waals surface area contributed by atoms with Crippen molar-refractivity contribution in [3.05, 3.63) is 59.3 Å². The van der Waals surface area contributed by atoms with E-state index in [4.69, 9.17) is 4.74 Å². The molecule has 2 heterocycles. The van der Waals surface area contributed by atoms with Gasteiger partial charge in [-0.15, -0.1) is 0 Å². The van der Waals surface area contributed by atoms with Crippen molar-refractivity contribution in [3.8, 4) is 17.0 Å². The van der Waals surface area contributed by atoms with Gasteiger partial charge in [0.05, 0.1) is 46.7 Å². The lowest BCUT2D eigenvalue weighted by Crippen LogP contribution is -2.39. The highest BCUT2D eigenvalue weighted by Gasteiger charge is 2.49. The van der Waals surface area contributed by atoms with Crippen LogP contribution in [0.15, 0.2) is 41.4 Å². The highest BCUT2D eigenvalue weighted by atomic mass is 32.2. The zero-order valence-corrected chi connectivity index (χ0v) is 21.2. The molecule has 2 aliphatic rings. The Morgan fingerprint density at radius 1 is 1.03 bits per heavy atom. The molecule has 0 amide bonds. The smallest absolute Gasteiger partial charge is 0.419 e. The molecule has 0 N–H and O–H groups in total. The van der Waals surface area contributed by atoms with Crippen LogP contribution in [0, 0.1) is 17.6 Å². The Hall–Kier alpha value is -3.15. The van der Waals surface area contributed by atoms with E-state index >= 15 is 0 Å². The molecule has 3 aromatic rings. The fraction of sp³-hybridized carbons (Fsp3) is 0.400. The molecule has 1 aromatic heterocycles. The quantitative estimate of drug-likeness (QED) is 0.365. The van der Waals surface area contributed by atoms with Gasteiger partial charge in [-0.3, -0.25) is 8.99 Å². The van der Waals surface area contributed by atoms with Gasteiger partial charge in [0, 0.05) is 23.3 Å². The minimum atomic E-state index is -4.76. The monoisotopic (exact) mass is 541 g/mol. The lowest BCUT2D eigenvalue weighted by Gasteiger charge is -2.39. The third-order valence-electron chi connectivity index (χ3n) is 6.64. The van der Waals surface area contributed by atoms with Crippen LogP contribution in [0.4, 0.5) is 27.6 Å². The van der Waals surface area contributed by atoms with Gasteiger partial charge < -0.3 is 4.74 Å². The summed E-state index contributed by atoms with van der Waals surface area (Å²) in [6.45, 7) is 5.64. The summed E-state index contributed by atoms with van der Waals surface area (Å²) >= 11 is 0. The van der Waals surface area contributed by atoms with E-state index in [1.165, 1.54) is 6.20 Å². The average molecular weight is 542 g/mol. The van der Waals surface area contributed by atoms with Gasteiger partial charge in [0.25, 0.3) is 10.0 Å². The molecule has 6 nitrogen and oxygen atoms in total. The van der Waals surface area contributed by atoms with Crippen molar-refractivity contribution in [3.63, 3.8) is 0 Å². The summed E-state index contributed by atoms with van der Waals surface area (Å²) in [7, 11) is -3.55. The molecular formula is C25H24F5N3O3S.